The van der Waals surface area contributed by atoms with Crippen molar-refractivity contribution in [3.8, 4) is 11.1 Å². The van der Waals surface area contributed by atoms with Crippen LogP contribution in [0.2, 0.25) is 0 Å². The molecule has 0 aromatic heterocycles. The Morgan fingerprint density at radius 1 is 0.383 bits per heavy atom. The summed E-state index contributed by atoms with van der Waals surface area (Å²) in [5, 5.41) is 0. The maximum atomic E-state index is 2.70. The first-order valence-electron chi connectivity index (χ1n) is 16.4. The van der Waals surface area contributed by atoms with Crippen molar-refractivity contribution in [2.75, 3.05) is 14.7 Å². The Bertz CT molecular complexity index is 2360. The van der Waals surface area contributed by atoms with Gasteiger partial charge in [-0.2, -0.15) is 0 Å². The third kappa shape index (κ3) is 2.99. The van der Waals surface area contributed by atoms with Gasteiger partial charge in [-0.25, -0.2) is 0 Å². The monoisotopic (exact) mass is 597 g/mol. The number of hydrogen-bond acceptors (Lipinski definition) is 3. The number of anilines is 7. The molecule has 11 rings (SSSR count). The number of benzene rings is 7. The van der Waals surface area contributed by atoms with Crippen molar-refractivity contribution in [2.45, 2.75) is 5.66 Å². The molecule has 3 aliphatic heterocycles. The minimum absolute atomic E-state index is 0.100. The summed E-state index contributed by atoms with van der Waals surface area (Å²) in [6.45, 7) is 0.100. The second-order valence-electron chi connectivity index (χ2n) is 12.9. The molecule has 1 spiro atoms. The van der Waals surface area contributed by atoms with E-state index in [2.05, 4.69) is 185 Å². The van der Waals surface area contributed by atoms with Gasteiger partial charge in [0, 0.05) is 39.6 Å². The standard InChI is InChI=1S/C43H28BN3/c1-3-15-29(16-4-1)45-37-25-12-11-23-35(37)44-36-24-13-28-40-42(36)47(39-27-14-26-38(45)41(39)44)43(46(40)30-17-5-2-6-18-30)33-21-9-7-19-31(33)32-20-8-10-22-34(32)43/h1-28H. The van der Waals surface area contributed by atoms with Crippen molar-refractivity contribution in [1.82, 2.24) is 0 Å². The lowest BCUT2D eigenvalue weighted by Gasteiger charge is -2.49. The summed E-state index contributed by atoms with van der Waals surface area (Å²) in [6, 6.07) is 62.8. The molecule has 0 bridgehead atoms. The van der Waals surface area contributed by atoms with Crippen LogP contribution in [-0.2, 0) is 5.66 Å². The minimum Gasteiger partial charge on any atom is -0.311 e. The Hall–Kier alpha value is -6.00. The fraction of sp³-hybridized carbons (Fsp3) is 0.0233. The summed E-state index contributed by atoms with van der Waals surface area (Å²) in [5.74, 6) is 0. The van der Waals surface area contributed by atoms with Crippen LogP contribution in [0.1, 0.15) is 11.1 Å². The van der Waals surface area contributed by atoms with Crippen LogP contribution in [0, 0.1) is 0 Å². The number of hydrogen-bond donors (Lipinski definition) is 0. The van der Waals surface area contributed by atoms with Gasteiger partial charge in [0.1, 0.15) is 0 Å². The van der Waals surface area contributed by atoms with Crippen molar-refractivity contribution in [3.63, 3.8) is 0 Å². The van der Waals surface area contributed by atoms with Gasteiger partial charge < -0.3 is 14.7 Å². The van der Waals surface area contributed by atoms with Crippen molar-refractivity contribution >= 4 is 62.9 Å². The average Bonchev–Trinajstić information content (AvgIpc) is 3.61. The molecule has 0 radical (unpaired) electrons. The molecular formula is C43H28BN3. The number of rotatable bonds is 2. The lowest BCUT2D eigenvalue weighted by Crippen LogP contribution is -2.63. The van der Waals surface area contributed by atoms with E-state index in [1.165, 1.54) is 78.5 Å². The van der Waals surface area contributed by atoms with E-state index in [-0.39, 0.29) is 6.71 Å². The zero-order chi connectivity index (χ0) is 30.7. The molecule has 0 amide bonds. The molecular weight excluding hydrogens is 569 g/mol. The summed E-state index contributed by atoms with van der Waals surface area (Å²) in [5.41, 5.74) is 17.2. The van der Waals surface area contributed by atoms with Crippen LogP contribution < -0.4 is 31.1 Å². The van der Waals surface area contributed by atoms with E-state index in [0.29, 0.717) is 0 Å². The quantitative estimate of drug-likeness (QED) is 0.185. The van der Waals surface area contributed by atoms with Crippen molar-refractivity contribution in [3.05, 3.63) is 181 Å². The molecule has 7 aromatic carbocycles. The molecule has 0 fully saturated rings. The van der Waals surface area contributed by atoms with Crippen LogP contribution in [0.5, 0.6) is 0 Å². The third-order valence-corrected chi connectivity index (χ3v) is 10.7. The van der Waals surface area contributed by atoms with Gasteiger partial charge in [-0.3, -0.25) is 0 Å². The van der Waals surface area contributed by atoms with Crippen LogP contribution in [-0.4, -0.2) is 6.71 Å². The molecule has 0 saturated heterocycles. The minimum atomic E-state index is -0.623. The number of fused-ring (bicyclic) bond motifs is 10. The molecule has 3 nitrogen and oxygen atoms in total. The zero-order valence-electron chi connectivity index (χ0n) is 25.6. The van der Waals surface area contributed by atoms with Gasteiger partial charge in [0.05, 0.1) is 11.4 Å². The van der Waals surface area contributed by atoms with Crippen molar-refractivity contribution in [2.24, 2.45) is 0 Å². The Balaban J connectivity index is 1.31. The summed E-state index contributed by atoms with van der Waals surface area (Å²) in [7, 11) is 0. The van der Waals surface area contributed by atoms with Gasteiger partial charge in [-0.15, -0.1) is 0 Å². The SMILES string of the molecule is c1ccc(N2c3ccccc3B3c4cccc5c4N(c4cccc2c43)C2(c3ccccc3-c3ccccc32)N5c2ccccc2)cc1. The van der Waals surface area contributed by atoms with Crippen LogP contribution in [0.4, 0.5) is 39.8 Å². The highest BCUT2D eigenvalue weighted by Crippen LogP contribution is 2.65. The molecule has 218 valence electrons. The number of nitrogens with zero attached hydrogens (tertiary/aromatic N) is 3. The smallest absolute Gasteiger partial charge is 0.252 e. The highest BCUT2D eigenvalue weighted by atomic mass is 15.5. The third-order valence-electron chi connectivity index (χ3n) is 10.7. The lowest BCUT2D eigenvalue weighted by atomic mass is 9.33. The van der Waals surface area contributed by atoms with Gasteiger partial charge in [-0.1, -0.05) is 121 Å². The van der Waals surface area contributed by atoms with Gasteiger partial charge in [0.15, 0.2) is 5.66 Å². The normalized spacial score (nSPS) is 15.2. The van der Waals surface area contributed by atoms with Gasteiger partial charge in [-0.05, 0) is 76.0 Å². The van der Waals surface area contributed by atoms with Gasteiger partial charge in [0.25, 0.3) is 6.71 Å². The highest BCUT2D eigenvalue weighted by molar-refractivity contribution is 7.00. The second kappa shape index (κ2) is 9.05. The Kier molecular flexibility index (Phi) is 4.86. The Morgan fingerprint density at radius 2 is 0.915 bits per heavy atom. The van der Waals surface area contributed by atoms with Gasteiger partial charge >= 0.3 is 0 Å². The predicted molar refractivity (Wildman–Crippen MR) is 196 cm³/mol. The fourth-order valence-corrected chi connectivity index (χ4v) is 9.14. The molecule has 0 unspecified atom stereocenters. The summed E-state index contributed by atoms with van der Waals surface area (Å²) in [6.07, 6.45) is 0. The van der Waals surface area contributed by atoms with E-state index in [1.54, 1.807) is 0 Å². The van der Waals surface area contributed by atoms with E-state index in [9.17, 15) is 0 Å². The summed E-state index contributed by atoms with van der Waals surface area (Å²) in [4.78, 5) is 7.78. The van der Waals surface area contributed by atoms with Crippen LogP contribution >= 0.6 is 0 Å². The second-order valence-corrected chi connectivity index (χ2v) is 12.9. The molecule has 4 heteroatoms. The number of para-hydroxylation sites is 4. The zero-order valence-corrected chi connectivity index (χ0v) is 25.6. The molecule has 7 aromatic rings. The molecule has 4 aliphatic rings. The first kappa shape index (κ1) is 25.2. The van der Waals surface area contributed by atoms with E-state index in [4.69, 9.17) is 0 Å². The van der Waals surface area contributed by atoms with Crippen LogP contribution in [0.15, 0.2) is 170 Å². The van der Waals surface area contributed by atoms with Crippen molar-refractivity contribution < 1.29 is 0 Å². The molecule has 0 atom stereocenters. The topological polar surface area (TPSA) is 9.72 Å². The van der Waals surface area contributed by atoms with E-state index in [0.717, 1.165) is 0 Å². The highest BCUT2D eigenvalue weighted by Gasteiger charge is 2.61. The summed E-state index contributed by atoms with van der Waals surface area (Å²) < 4.78 is 0. The van der Waals surface area contributed by atoms with E-state index < -0.39 is 5.66 Å². The first-order valence-corrected chi connectivity index (χ1v) is 16.4. The van der Waals surface area contributed by atoms with E-state index in [1.807, 2.05) is 0 Å². The fourth-order valence-electron chi connectivity index (χ4n) is 9.14. The van der Waals surface area contributed by atoms with Crippen molar-refractivity contribution in [1.29, 1.82) is 0 Å². The van der Waals surface area contributed by atoms with E-state index >= 15 is 0 Å². The Labute approximate surface area is 274 Å². The molecule has 3 heterocycles. The average molecular weight is 598 g/mol. The van der Waals surface area contributed by atoms with Gasteiger partial charge in [0.2, 0.25) is 0 Å². The Morgan fingerprint density at radius 3 is 1.66 bits per heavy atom. The molecule has 0 saturated carbocycles. The predicted octanol–water partition coefficient (Wildman–Crippen LogP) is 8.47. The summed E-state index contributed by atoms with van der Waals surface area (Å²) >= 11 is 0. The molecule has 47 heavy (non-hydrogen) atoms. The van der Waals surface area contributed by atoms with Crippen LogP contribution in [0.25, 0.3) is 11.1 Å². The lowest BCUT2D eigenvalue weighted by molar-refractivity contribution is 0.575. The maximum absolute atomic E-state index is 2.70. The molecule has 0 N–H and O–H groups in total. The molecule has 1 aliphatic carbocycles. The first-order chi connectivity index (χ1) is 23.4. The largest absolute Gasteiger partial charge is 0.311 e. The van der Waals surface area contributed by atoms with Crippen LogP contribution in [0.3, 0.4) is 0 Å². The maximum Gasteiger partial charge on any atom is 0.252 e.